The van der Waals surface area contributed by atoms with Gasteiger partial charge in [0.05, 0.1) is 24.5 Å². The first-order valence-electron chi connectivity index (χ1n) is 16.5. The fraction of sp³-hybridized carbons (Fsp3) is 0.378. The summed E-state index contributed by atoms with van der Waals surface area (Å²) in [4.78, 5) is 44.1. The largest absolute Gasteiger partial charge is 0.486 e. The fourth-order valence-corrected chi connectivity index (χ4v) is 7.82. The van der Waals surface area contributed by atoms with Crippen molar-refractivity contribution in [2.75, 3.05) is 18.5 Å². The van der Waals surface area contributed by atoms with Crippen molar-refractivity contribution in [3.8, 4) is 23.0 Å². The standard InChI is InChI=1S/C37H37N3O7/c41-34(38-24-15-17-26(18-16-24)45-25-11-5-2-6-12-25)31-30-19-20-37(47-30)32(31)36(43)40(33(37)35(42)39-23-9-3-1-4-10-23)21-27-22-44-28-13-7-8-14-29(28)46-27/h2,5-8,11-20,23,27,30-33H,1,3-4,9-10,21-22H2,(H,38,41)(H,39,42)/t27-,30+,31-,32+,33-,37+/m0/s1. The summed E-state index contributed by atoms with van der Waals surface area (Å²) in [6.45, 7) is 0.343. The van der Waals surface area contributed by atoms with Gasteiger partial charge in [-0.15, -0.1) is 0 Å². The summed E-state index contributed by atoms with van der Waals surface area (Å²) in [6, 6.07) is 23.0. The third kappa shape index (κ3) is 5.40. The molecule has 10 nitrogen and oxygen atoms in total. The fourth-order valence-electron chi connectivity index (χ4n) is 7.82. The number of rotatable bonds is 8. The number of carbonyl (C=O) groups is 3. The number of hydrogen-bond acceptors (Lipinski definition) is 7. The normalized spacial score (nSPS) is 29.0. The molecule has 3 aromatic rings. The van der Waals surface area contributed by atoms with Crippen molar-refractivity contribution in [2.45, 2.75) is 62.0 Å². The third-order valence-electron chi connectivity index (χ3n) is 9.95. The Bertz CT molecular complexity index is 1690. The van der Waals surface area contributed by atoms with Crippen LogP contribution in [0.5, 0.6) is 23.0 Å². The first-order valence-corrected chi connectivity index (χ1v) is 16.5. The molecule has 10 heteroatoms. The number of ether oxygens (including phenoxy) is 4. The van der Waals surface area contributed by atoms with Crippen molar-refractivity contribution >= 4 is 23.4 Å². The number of nitrogens with one attached hydrogen (secondary N) is 2. The van der Waals surface area contributed by atoms with Gasteiger partial charge in [-0.05, 0) is 61.4 Å². The van der Waals surface area contributed by atoms with Crippen molar-refractivity contribution < 1.29 is 33.3 Å². The van der Waals surface area contributed by atoms with Crippen LogP contribution in [-0.4, -0.2) is 65.7 Å². The number of carbonyl (C=O) groups excluding carboxylic acids is 3. The van der Waals surface area contributed by atoms with Crippen LogP contribution in [0.1, 0.15) is 32.1 Å². The van der Waals surface area contributed by atoms with Crippen LogP contribution >= 0.6 is 0 Å². The van der Waals surface area contributed by atoms with Gasteiger partial charge in [-0.3, -0.25) is 14.4 Å². The van der Waals surface area contributed by atoms with Crippen LogP contribution in [0, 0.1) is 11.8 Å². The minimum atomic E-state index is -1.26. The molecule has 4 heterocycles. The van der Waals surface area contributed by atoms with E-state index in [-0.39, 0.29) is 36.9 Å². The maximum atomic E-state index is 14.4. The Morgan fingerprint density at radius 1 is 0.872 bits per heavy atom. The average Bonchev–Trinajstić information content (AvgIpc) is 3.74. The van der Waals surface area contributed by atoms with Crippen LogP contribution in [0.4, 0.5) is 5.69 Å². The summed E-state index contributed by atoms with van der Waals surface area (Å²) in [5.41, 5.74) is -0.694. The topological polar surface area (TPSA) is 115 Å². The van der Waals surface area contributed by atoms with E-state index in [2.05, 4.69) is 10.6 Å². The van der Waals surface area contributed by atoms with Gasteiger partial charge in [-0.2, -0.15) is 0 Å². The summed E-state index contributed by atoms with van der Waals surface area (Å²) >= 11 is 0. The van der Waals surface area contributed by atoms with Gasteiger partial charge in [-0.25, -0.2) is 0 Å². The van der Waals surface area contributed by atoms with Crippen molar-refractivity contribution in [2.24, 2.45) is 11.8 Å². The molecule has 2 bridgehead atoms. The van der Waals surface area contributed by atoms with Crippen LogP contribution < -0.4 is 24.8 Å². The Morgan fingerprint density at radius 2 is 1.60 bits per heavy atom. The van der Waals surface area contributed by atoms with E-state index in [1.165, 1.54) is 0 Å². The average molecular weight is 636 g/mol. The highest BCUT2D eigenvalue weighted by atomic mass is 16.6. The molecular weight excluding hydrogens is 598 g/mol. The number of para-hydroxylation sites is 3. The minimum Gasteiger partial charge on any atom is -0.486 e. The van der Waals surface area contributed by atoms with Crippen LogP contribution in [0.3, 0.4) is 0 Å². The molecule has 2 saturated heterocycles. The Balaban J connectivity index is 1.04. The maximum Gasteiger partial charge on any atom is 0.246 e. The molecular formula is C37H37N3O7. The quantitative estimate of drug-likeness (QED) is 0.340. The first kappa shape index (κ1) is 29.6. The summed E-state index contributed by atoms with van der Waals surface area (Å²) in [5, 5.41) is 6.21. The number of anilines is 1. The van der Waals surface area contributed by atoms with Gasteiger partial charge >= 0.3 is 0 Å². The third-order valence-corrected chi connectivity index (χ3v) is 9.95. The van der Waals surface area contributed by atoms with E-state index in [0.717, 1.165) is 32.1 Å². The van der Waals surface area contributed by atoms with Crippen LogP contribution in [-0.2, 0) is 19.1 Å². The number of nitrogens with zero attached hydrogens (tertiary/aromatic N) is 1. The van der Waals surface area contributed by atoms with E-state index >= 15 is 0 Å². The highest BCUT2D eigenvalue weighted by Gasteiger charge is 2.73. The molecule has 0 aromatic heterocycles. The SMILES string of the molecule is O=C(Nc1ccc(Oc2ccccc2)cc1)[C@H]1[C@H]2C=C[C@]3(O2)[C@H](C(=O)NC2CCCCC2)N(C[C@H]2COc4ccccc4O2)C(=O)[C@@H]13. The maximum absolute atomic E-state index is 14.4. The molecule has 3 fully saturated rings. The second-order valence-electron chi connectivity index (χ2n) is 13.0. The van der Waals surface area contributed by atoms with Gasteiger partial charge < -0.3 is 34.5 Å². The van der Waals surface area contributed by atoms with Gasteiger partial charge in [-0.1, -0.05) is 61.7 Å². The monoisotopic (exact) mass is 635 g/mol. The molecule has 2 N–H and O–H groups in total. The highest BCUT2D eigenvalue weighted by molar-refractivity contribution is 6.02. The van der Waals surface area contributed by atoms with E-state index in [0.29, 0.717) is 28.7 Å². The van der Waals surface area contributed by atoms with Crippen LogP contribution in [0.15, 0.2) is 91.0 Å². The predicted octanol–water partition coefficient (Wildman–Crippen LogP) is 4.86. The van der Waals surface area contributed by atoms with Gasteiger partial charge in [0.1, 0.15) is 29.7 Å². The zero-order valence-corrected chi connectivity index (χ0v) is 25.9. The molecule has 0 radical (unpaired) electrons. The Hall–Kier alpha value is -4.83. The van der Waals surface area contributed by atoms with E-state index in [1.54, 1.807) is 29.2 Å². The summed E-state index contributed by atoms with van der Waals surface area (Å²) in [5.74, 6) is -0.00292. The van der Waals surface area contributed by atoms with E-state index in [4.69, 9.17) is 18.9 Å². The molecule has 3 amide bonds. The molecule has 8 rings (SSSR count). The van der Waals surface area contributed by atoms with Crippen molar-refractivity contribution in [3.63, 3.8) is 0 Å². The summed E-state index contributed by atoms with van der Waals surface area (Å²) < 4.78 is 24.6. The van der Waals surface area contributed by atoms with Crippen molar-refractivity contribution in [3.05, 3.63) is 91.0 Å². The van der Waals surface area contributed by atoms with Gasteiger partial charge in [0.25, 0.3) is 0 Å². The summed E-state index contributed by atoms with van der Waals surface area (Å²) in [7, 11) is 0. The van der Waals surface area contributed by atoms with Crippen molar-refractivity contribution in [1.82, 2.24) is 10.2 Å². The van der Waals surface area contributed by atoms with Gasteiger partial charge in [0, 0.05) is 11.7 Å². The second kappa shape index (κ2) is 12.1. The van der Waals surface area contributed by atoms with E-state index in [9.17, 15) is 14.4 Å². The lowest BCUT2D eigenvalue weighted by molar-refractivity contribution is -0.143. The predicted molar refractivity (Wildman–Crippen MR) is 172 cm³/mol. The van der Waals surface area contributed by atoms with Crippen molar-refractivity contribution in [1.29, 1.82) is 0 Å². The second-order valence-corrected chi connectivity index (χ2v) is 13.0. The number of amides is 3. The number of benzene rings is 3. The molecule has 242 valence electrons. The van der Waals surface area contributed by atoms with Crippen LogP contribution in [0.2, 0.25) is 0 Å². The zero-order valence-electron chi connectivity index (χ0n) is 25.9. The highest BCUT2D eigenvalue weighted by Crippen LogP contribution is 2.55. The Labute approximate surface area is 273 Å². The minimum absolute atomic E-state index is 0.0420. The molecule has 5 aliphatic rings. The lowest BCUT2D eigenvalue weighted by atomic mass is 9.74. The van der Waals surface area contributed by atoms with E-state index < -0.39 is 35.7 Å². The molecule has 1 spiro atoms. The van der Waals surface area contributed by atoms with Gasteiger partial charge in [0.2, 0.25) is 17.7 Å². The molecule has 6 atom stereocenters. The number of fused-ring (bicyclic) bond motifs is 2. The molecule has 1 aliphatic carbocycles. The summed E-state index contributed by atoms with van der Waals surface area (Å²) in [6.07, 6.45) is 7.59. The Morgan fingerprint density at radius 3 is 2.38 bits per heavy atom. The first-order chi connectivity index (χ1) is 23.0. The Kier molecular flexibility index (Phi) is 7.60. The number of likely N-dealkylation sites (tertiary alicyclic amines) is 1. The molecule has 1 saturated carbocycles. The van der Waals surface area contributed by atoms with Gasteiger partial charge in [0.15, 0.2) is 17.6 Å². The molecule has 0 unspecified atom stereocenters. The molecule has 47 heavy (non-hydrogen) atoms. The molecule has 3 aromatic carbocycles. The van der Waals surface area contributed by atoms with E-state index in [1.807, 2.05) is 66.7 Å². The number of hydrogen-bond donors (Lipinski definition) is 2. The molecule has 4 aliphatic heterocycles. The zero-order chi connectivity index (χ0) is 32.0. The van der Waals surface area contributed by atoms with Crippen LogP contribution in [0.25, 0.3) is 0 Å². The lowest BCUT2D eigenvalue weighted by Gasteiger charge is -2.36. The smallest absolute Gasteiger partial charge is 0.246 e. The lowest BCUT2D eigenvalue weighted by Crippen LogP contribution is -2.58.